The summed E-state index contributed by atoms with van der Waals surface area (Å²) in [5.41, 5.74) is 2.38. The van der Waals surface area contributed by atoms with Crippen molar-refractivity contribution in [2.45, 2.75) is 64.1 Å². The number of tetrazole rings is 1. The van der Waals surface area contributed by atoms with Crippen LogP contribution in [0.15, 0.2) is 61.6 Å². The number of morpholine rings is 1. The molecule has 1 saturated carbocycles. The second-order valence-electron chi connectivity index (χ2n) is 11.8. The maximum absolute atomic E-state index is 6.45. The Morgan fingerprint density at radius 1 is 1.04 bits per heavy atom. The second-order valence-corrected chi connectivity index (χ2v) is 12.2. The average molecular weight is 661 g/mol. The number of rotatable bonds is 12. The molecule has 4 aromatic heterocycles. The molecular weight excluding hydrogens is 624 g/mol. The van der Waals surface area contributed by atoms with E-state index in [0.717, 1.165) is 63.1 Å². The van der Waals surface area contributed by atoms with Gasteiger partial charge in [-0.1, -0.05) is 17.7 Å². The lowest BCUT2D eigenvalue weighted by atomic mass is 9.90. The molecule has 246 valence electrons. The van der Waals surface area contributed by atoms with Crippen LogP contribution in [0, 0.1) is 0 Å². The lowest BCUT2D eigenvalue weighted by molar-refractivity contribution is 0.00501. The van der Waals surface area contributed by atoms with E-state index in [4.69, 9.17) is 30.9 Å². The van der Waals surface area contributed by atoms with Crippen molar-refractivity contribution in [1.82, 2.24) is 54.6 Å². The van der Waals surface area contributed by atoms with Gasteiger partial charge in [-0.05, 0) is 66.8 Å². The molecule has 0 radical (unpaired) electrons. The van der Waals surface area contributed by atoms with Crippen LogP contribution in [0.25, 0.3) is 11.1 Å². The maximum Gasteiger partial charge on any atom is 0.258 e. The monoisotopic (exact) mass is 660 g/mol. The molecule has 1 atom stereocenters. The molecule has 5 aromatic rings. The van der Waals surface area contributed by atoms with Crippen LogP contribution in [-0.2, 0) is 18.0 Å². The number of halogens is 1. The zero-order valence-electron chi connectivity index (χ0n) is 26.1. The lowest BCUT2D eigenvalue weighted by Crippen LogP contribution is -2.45. The van der Waals surface area contributed by atoms with Gasteiger partial charge in [-0.25, -0.2) is 19.3 Å². The van der Waals surface area contributed by atoms with Gasteiger partial charge in [0.2, 0.25) is 5.95 Å². The van der Waals surface area contributed by atoms with Crippen LogP contribution in [0.3, 0.4) is 0 Å². The summed E-state index contributed by atoms with van der Waals surface area (Å²) in [5.74, 6) is 1.45. The molecule has 15 nitrogen and oxygen atoms in total. The fourth-order valence-corrected chi connectivity index (χ4v) is 6.27. The standard InChI is InChI=1S/C31H37ClN12O3/c1-22(18-43-20-35-39-40-43)47-29-15-23(3-8-27(29)32)24-16-33-31(34-17-24)37-28-19-44(38-30(28)46-21-42-10-2-9-36-42)26-6-4-25(5-7-26)41-11-13-45-14-12-41/h2-3,8-10,15-17,19-20,22,25-26H,4-7,11-14,18,21H2,1H3,(H,33,34,37)/t22-,25?,26?/m0/s1. The Hall–Kier alpha value is -4.60. The van der Waals surface area contributed by atoms with Crippen LogP contribution in [-0.4, -0.2) is 93.1 Å². The first-order valence-electron chi connectivity index (χ1n) is 15.8. The molecule has 1 aliphatic heterocycles. The van der Waals surface area contributed by atoms with Crippen LogP contribution in [0.2, 0.25) is 5.02 Å². The number of aromatic nitrogens is 10. The first kappa shape index (κ1) is 31.0. The predicted octanol–water partition coefficient (Wildman–Crippen LogP) is 4.24. The summed E-state index contributed by atoms with van der Waals surface area (Å²) in [7, 11) is 0. The van der Waals surface area contributed by atoms with E-state index in [1.807, 2.05) is 42.2 Å². The van der Waals surface area contributed by atoms with Crippen LogP contribution < -0.4 is 14.8 Å². The van der Waals surface area contributed by atoms with Crippen LogP contribution in [0.1, 0.15) is 38.6 Å². The van der Waals surface area contributed by atoms with Crippen molar-refractivity contribution in [3.8, 4) is 22.8 Å². The molecule has 1 aliphatic carbocycles. The van der Waals surface area contributed by atoms with Crippen molar-refractivity contribution < 1.29 is 14.2 Å². The molecule has 0 unspecified atom stereocenters. The van der Waals surface area contributed by atoms with Gasteiger partial charge in [0, 0.05) is 49.5 Å². The first-order valence-corrected chi connectivity index (χ1v) is 16.2. The van der Waals surface area contributed by atoms with Gasteiger partial charge < -0.3 is 19.5 Å². The number of hydrogen-bond donors (Lipinski definition) is 1. The normalized spacial score (nSPS) is 19.4. The van der Waals surface area contributed by atoms with Gasteiger partial charge in [-0.3, -0.25) is 9.58 Å². The highest BCUT2D eigenvalue weighted by molar-refractivity contribution is 6.32. The fraction of sp³-hybridized carbons (Fsp3) is 0.452. The Balaban J connectivity index is 1.03. The third-order valence-electron chi connectivity index (χ3n) is 8.52. The fourth-order valence-electron chi connectivity index (χ4n) is 6.11. The van der Waals surface area contributed by atoms with Crippen molar-refractivity contribution in [2.75, 3.05) is 31.6 Å². The summed E-state index contributed by atoms with van der Waals surface area (Å²) in [6.45, 7) is 6.34. The third-order valence-corrected chi connectivity index (χ3v) is 8.83. The summed E-state index contributed by atoms with van der Waals surface area (Å²) in [6, 6.07) is 8.34. The molecule has 1 aromatic carbocycles. The SMILES string of the molecule is C[C@@H](Cn1cnnn1)Oc1cc(-c2cnc(Nc3cn(C4CCC(N5CCOCC5)CC4)nc3OCn3cccn3)nc2)ccc1Cl. The summed E-state index contributed by atoms with van der Waals surface area (Å²) in [6.07, 6.45) is 14.8. The molecule has 1 N–H and O–H groups in total. The van der Waals surface area contributed by atoms with Crippen molar-refractivity contribution in [1.29, 1.82) is 0 Å². The van der Waals surface area contributed by atoms with E-state index in [1.54, 1.807) is 40.3 Å². The summed E-state index contributed by atoms with van der Waals surface area (Å²) in [5, 5.41) is 24.2. The first-order chi connectivity index (χ1) is 23.1. The topological polar surface area (TPSA) is 148 Å². The van der Waals surface area contributed by atoms with Gasteiger partial charge in [0.25, 0.3) is 5.88 Å². The number of hydrogen-bond acceptors (Lipinski definition) is 12. The Kier molecular flexibility index (Phi) is 9.53. The second kappa shape index (κ2) is 14.4. The molecule has 47 heavy (non-hydrogen) atoms. The summed E-state index contributed by atoms with van der Waals surface area (Å²) >= 11 is 6.45. The average Bonchev–Trinajstić information content (AvgIpc) is 3.89. The van der Waals surface area contributed by atoms with E-state index in [9.17, 15) is 0 Å². The van der Waals surface area contributed by atoms with Crippen LogP contribution in [0.5, 0.6) is 11.6 Å². The van der Waals surface area contributed by atoms with Gasteiger partial charge in [0.05, 0.1) is 37.0 Å². The predicted molar refractivity (Wildman–Crippen MR) is 172 cm³/mol. The lowest BCUT2D eigenvalue weighted by Gasteiger charge is -2.38. The number of benzene rings is 1. The molecule has 5 heterocycles. The summed E-state index contributed by atoms with van der Waals surface area (Å²) in [4.78, 5) is 11.8. The highest BCUT2D eigenvalue weighted by atomic mass is 35.5. The minimum absolute atomic E-state index is 0.209. The van der Waals surface area contributed by atoms with E-state index in [0.29, 0.717) is 40.9 Å². The number of nitrogens with one attached hydrogen (secondary N) is 1. The smallest absolute Gasteiger partial charge is 0.258 e. The van der Waals surface area contributed by atoms with E-state index in [1.165, 1.54) is 0 Å². The number of nitrogens with zero attached hydrogens (tertiary/aromatic N) is 11. The van der Waals surface area contributed by atoms with Gasteiger partial charge in [0.15, 0.2) is 6.73 Å². The van der Waals surface area contributed by atoms with Gasteiger partial charge in [0.1, 0.15) is 23.9 Å². The highest BCUT2D eigenvalue weighted by Crippen LogP contribution is 2.35. The quantitative estimate of drug-likeness (QED) is 0.204. The largest absolute Gasteiger partial charge is 0.487 e. The van der Waals surface area contributed by atoms with E-state index in [2.05, 4.69) is 40.8 Å². The molecule has 0 amide bonds. The van der Waals surface area contributed by atoms with E-state index in [-0.39, 0.29) is 18.9 Å². The van der Waals surface area contributed by atoms with Crippen molar-refractivity contribution in [3.63, 3.8) is 0 Å². The molecule has 0 bridgehead atoms. The Bertz CT molecular complexity index is 1700. The van der Waals surface area contributed by atoms with Gasteiger partial charge in [-0.2, -0.15) is 5.10 Å². The van der Waals surface area contributed by atoms with E-state index < -0.39 is 0 Å². The van der Waals surface area contributed by atoms with E-state index >= 15 is 0 Å². The van der Waals surface area contributed by atoms with Crippen LogP contribution >= 0.6 is 11.6 Å². The zero-order valence-corrected chi connectivity index (χ0v) is 26.9. The van der Waals surface area contributed by atoms with Gasteiger partial charge in [-0.15, -0.1) is 10.2 Å². The maximum atomic E-state index is 6.45. The zero-order chi connectivity index (χ0) is 32.0. The molecule has 2 aliphatic rings. The minimum Gasteiger partial charge on any atom is -0.487 e. The Morgan fingerprint density at radius 2 is 1.85 bits per heavy atom. The number of anilines is 2. The highest BCUT2D eigenvalue weighted by Gasteiger charge is 2.29. The number of ether oxygens (including phenoxy) is 3. The van der Waals surface area contributed by atoms with Gasteiger partial charge >= 0.3 is 0 Å². The van der Waals surface area contributed by atoms with Crippen LogP contribution in [0.4, 0.5) is 11.6 Å². The molecule has 1 saturated heterocycles. The van der Waals surface area contributed by atoms with Crippen molar-refractivity contribution >= 4 is 23.2 Å². The molecular formula is C31H37ClN12O3. The minimum atomic E-state index is -0.209. The van der Waals surface area contributed by atoms with Crippen molar-refractivity contribution in [3.05, 3.63) is 66.6 Å². The van der Waals surface area contributed by atoms with Crippen molar-refractivity contribution in [2.24, 2.45) is 0 Å². The Labute approximate surface area is 276 Å². The molecule has 0 spiro atoms. The summed E-state index contributed by atoms with van der Waals surface area (Å²) < 4.78 is 23.1. The third kappa shape index (κ3) is 7.69. The molecule has 16 heteroatoms. The molecule has 7 rings (SSSR count). The Morgan fingerprint density at radius 3 is 2.60 bits per heavy atom. The molecule has 2 fully saturated rings.